The van der Waals surface area contributed by atoms with Crippen LogP contribution in [0.15, 0.2) is 91.0 Å². The van der Waals surface area contributed by atoms with E-state index in [-0.39, 0.29) is 18.1 Å². The van der Waals surface area contributed by atoms with Crippen LogP contribution in [0.3, 0.4) is 0 Å². The standard InChI is InChI=1S/C28H31NO3/c1-21(2)20-31-27(30)32-25-18-26(29-19-25)28(22-12-6-3-7-13-22,23-14-8-4-9-15-23)24-16-10-5-11-17-24/h3-17,21,25-26,29H,18-20H2,1-2H3. The number of benzene rings is 3. The Morgan fingerprint density at radius 3 is 1.78 bits per heavy atom. The van der Waals surface area contributed by atoms with Gasteiger partial charge >= 0.3 is 6.16 Å². The number of hydrogen-bond acceptors (Lipinski definition) is 4. The Hall–Kier alpha value is -3.11. The van der Waals surface area contributed by atoms with Crippen LogP contribution in [-0.2, 0) is 14.9 Å². The molecule has 1 aliphatic rings. The molecule has 4 rings (SSSR count). The zero-order chi connectivity index (χ0) is 22.4. The SMILES string of the molecule is CC(C)COC(=O)OC1CNC(C(c2ccccc2)(c2ccccc2)c2ccccc2)C1. The van der Waals surface area contributed by atoms with Crippen LogP contribution in [0.2, 0.25) is 0 Å². The highest BCUT2D eigenvalue weighted by molar-refractivity contribution is 5.60. The van der Waals surface area contributed by atoms with Gasteiger partial charge in [-0.15, -0.1) is 0 Å². The maximum atomic E-state index is 12.2. The molecule has 166 valence electrons. The summed E-state index contributed by atoms with van der Waals surface area (Å²) in [5.41, 5.74) is 3.19. The molecule has 2 unspecified atom stereocenters. The fourth-order valence-electron chi connectivity index (χ4n) is 4.73. The Balaban J connectivity index is 1.72. The van der Waals surface area contributed by atoms with Gasteiger partial charge in [0, 0.05) is 19.0 Å². The van der Waals surface area contributed by atoms with E-state index < -0.39 is 11.6 Å². The average molecular weight is 430 g/mol. The first-order valence-electron chi connectivity index (χ1n) is 11.3. The Bertz CT molecular complexity index is 892. The molecule has 0 amide bonds. The summed E-state index contributed by atoms with van der Waals surface area (Å²) in [5.74, 6) is 0.277. The van der Waals surface area contributed by atoms with E-state index in [0.717, 1.165) is 0 Å². The van der Waals surface area contributed by atoms with Gasteiger partial charge < -0.3 is 14.8 Å². The third kappa shape index (κ3) is 4.56. The molecule has 1 fully saturated rings. The van der Waals surface area contributed by atoms with Crippen LogP contribution in [0.5, 0.6) is 0 Å². The summed E-state index contributed by atoms with van der Waals surface area (Å²) in [4.78, 5) is 12.2. The second-order valence-corrected chi connectivity index (χ2v) is 8.80. The third-order valence-corrected chi connectivity index (χ3v) is 6.10. The van der Waals surface area contributed by atoms with Crippen LogP contribution >= 0.6 is 0 Å². The molecule has 3 aromatic carbocycles. The van der Waals surface area contributed by atoms with Crippen LogP contribution < -0.4 is 5.32 Å². The minimum Gasteiger partial charge on any atom is -0.434 e. The highest BCUT2D eigenvalue weighted by atomic mass is 16.7. The van der Waals surface area contributed by atoms with Gasteiger partial charge in [-0.2, -0.15) is 0 Å². The van der Waals surface area contributed by atoms with Gasteiger partial charge in [0.2, 0.25) is 0 Å². The predicted molar refractivity (Wildman–Crippen MR) is 127 cm³/mol. The van der Waals surface area contributed by atoms with Crippen molar-refractivity contribution in [1.29, 1.82) is 0 Å². The Kier molecular flexibility index (Phi) is 6.91. The lowest BCUT2D eigenvalue weighted by Gasteiger charge is -2.41. The quantitative estimate of drug-likeness (QED) is 0.395. The molecule has 2 atom stereocenters. The summed E-state index contributed by atoms with van der Waals surface area (Å²) >= 11 is 0. The molecule has 1 aliphatic heterocycles. The van der Waals surface area contributed by atoms with Crippen molar-refractivity contribution >= 4 is 6.16 Å². The highest BCUT2D eigenvalue weighted by Crippen LogP contribution is 2.44. The number of carbonyl (C=O) groups excluding carboxylic acids is 1. The summed E-state index contributed by atoms with van der Waals surface area (Å²) in [6.45, 7) is 4.98. The van der Waals surface area contributed by atoms with Gasteiger partial charge in [-0.3, -0.25) is 0 Å². The molecular formula is C28H31NO3. The van der Waals surface area contributed by atoms with Crippen molar-refractivity contribution in [2.45, 2.75) is 37.8 Å². The molecule has 1 N–H and O–H groups in total. The topological polar surface area (TPSA) is 47.6 Å². The molecule has 0 saturated carbocycles. The van der Waals surface area contributed by atoms with Crippen molar-refractivity contribution in [1.82, 2.24) is 5.32 Å². The molecule has 1 saturated heterocycles. The smallest absolute Gasteiger partial charge is 0.434 e. The number of carbonyl (C=O) groups is 1. The van der Waals surface area contributed by atoms with E-state index in [9.17, 15) is 4.79 Å². The van der Waals surface area contributed by atoms with Crippen LogP contribution in [0.1, 0.15) is 37.0 Å². The minimum atomic E-state index is -0.587. The summed E-state index contributed by atoms with van der Waals surface area (Å²) in [5, 5.41) is 3.68. The van der Waals surface area contributed by atoms with Crippen molar-refractivity contribution < 1.29 is 14.3 Å². The zero-order valence-electron chi connectivity index (χ0n) is 18.7. The largest absolute Gasteiger partial charge is 0.508 e. The van der Waals surface area contributed by atoms with E-state index in [1.54, 1.807) is 0 Å². The van der Waals surface area contributed by atoms with Crippen LogP contribution in [0.4, 0.5) is 4.79 Å². The number of rotatable bonds is 7. The fourth-order valence-corrected chi connectivity index (χ4v) is 4.73. The monoisotopic (exact) mass is 429 g/mol. The molecular weight excluding hydrogens is 398 g/mol. The normalized spacial score (nSPS) is 18.5. The van der Waals surface area contributed by atoms with E-state index in [0.29, 0.717) is 19.6 Å². The van der Waals surface area contributed by atoms with Gasteiger partial charge in [0.1, 0.15) is 6.10 Å². The summed E-state index contributed by atoms with van der Waals surface area (Å²) in [6, 6.07) is 31.8. The molecule has 0 spiro atoms. The second-order valence-electron chi connectivity index (χ2n) is 8.80. The molecule has 4 nitrogen and oxygen atoms in total. The van der Waals surface area contributed by atoms with Gasteiger partial charge in [0.05, 0.1) is 12.0 Å². The van der Waals surface area contributed by atoms with Crippen LogP contribution in [-0.4, -0.2) is 31.5 Å². The van der Waals surface area contributed by atoms with E-state index in [4.69, 9.17) is 9.47 Å². The van der Waals surface area contributed by atoms with Gasteiger partial charge in [-0.1, -0.05) is 105 Å². The summed E-state index contributed by atoms with van der Waals surface area (Å²) in [7, 11) is 0. The van der Waals surface area contributed by atoms with E-state index in [2.05, 4.69) is 78.1 Å². The molecule has 3 aromatic rings. The number of hydrogen-bond donors (Lipinski definition) is 1. The lowest BCUT2D eigenvalue weighted by molar-refractivity contribution is 0.0225. The molecule has 0 aliphatic carbocycles. The lowest BCUT2D eigenvalue weighted by Crippen LogP contribution is -2.47. The molecule has 32 heavy (non-hydrogen) atoms. The van der Waals surface area contributed by atoms with E-state index >= 15 is 0 Å². The van der Waals surface area contributed by atoms with Crippen molar-refractivity contribution in [3.05, 3.63) is 108 Å². The van der Waals surface area contributed by atoms with E-state index in [1.165, 1.54) is 16.7 Å². The van der Waals surface area contributed by atoms with Crippen molar-refractivity contribution in [2.75, 3.05) is 13.2 Å². The second kappa shape index (κ2) is 10.0. The number of ether oxygens (including phenoxy) is 2. The Morgan fingerprint density at radius 2 is 1.34 bits per heavy atom. The molecule has 1 heterocycles. The first kappa shape index (κ1) is 22.1. The van der Waals surface area contributed by atoms with Crippen LogP contribution in [0, 0.1) is 5.92 Å². The maximum absolute atomic E-state index is 12.2. The van der Waals surface area contributed by atoms with Crippen molar-refractivity contribution in [3.63, 3.8) is 0 Å². The maximum Gasteiger partial charge on any atom is 0.508 e. The van der Waals surface area contributed by atoms with Gasteiger partial charge in [-0.25, -0.2) is 4.79 Å². The molecule has 4 heteroatoms. The third-order valence-electron chi connectivity index (χ3n) is 6.10. The fraction of sp³-hybridized carbons (Fsp3) is 0.321. The lowest BCUT2D eigenvalue weighted by atomic mass is 9.64. The van der Waals surface area contributed by atoms with Crippen molar-refractivity contribution in [2.24, 2.45) is 5.92 Å². The zero-order valence-corrected chi connectivity index (χ0v) is 18.7. The van der Waals surface area contributed by atoms with Crippen molar-refractivity contribution in [3.8, 4) is 0 Å². The van der Waals surface area contributed by atoms with Crippen LogP contribution in [0.25, 0.3) is 0 Å². The number of nitrogens with one attached hydrogen (secondary N) is 1. The van der Waals surface area contributed by atoms with Gasteiger partial charge in [0.15, 0.2) is 0 Å². The summed E-state index contributed by atoms with van der Waals surface area (Å²) < 4.78 is 10.9. The molecule has 0 radical (unpaired) electrons. The van der Waals surface area contributed by atoms with E-state index in [1.807, 2.05) is 32.0 Å². The highest BCUT2D eigenvalue weighted by Gasteiger charge is 2.47. The predicted octanol–water partition coefficient (Wildman–Crippen LogP) is 5.56. The van der Waals surface area contributed by atoms with Gasteiger partial charge in [0.25, 0.3) is 0 Å². The average Bonchev–Trinajstić information content (AvgIpc) is 3.29. The molecule has 0 aromatic heterocycles. The first-order chi connectivity index (χ1) is 15.6. The molecule has 0 bridgehead atoms. The Labute approximate surface area is 190 Å². The first-order valence-corrected chi connectivity index (χ1v) is 11.3. The Morgan fingerprint density at radius 1 is 0.875 bits per heavy atom. The van der Waals surface area contributed by atoms with Gasteiger partial charge in [-0.05, 0) is 22.6 Å². The minimum absolute atomic E-state index is 0.0394. The summed E-state index contributed by atoms with van der Waals surface area (Å²) in [6.07, 6.45) is -0.138.